The molecule has 0 saturated heterocycles. The molecule has 0 N–H and O–H groups in total. The predicted octanol–water partition coefficient (Wildman–Crippen LogP) is 0.528. The van der Waals surface area contributed by atoms with Crippen molar-refractivity contribution < 1.29 is 13.9 Å². The zero-order valence-electron chi connectivity index (χ0n) is 6.75. The van der Waals surface area contributed by atoms with E-state index in [4.69, 9.17) is 4.42 Å². The van der Waals surface area contributed by atoms with Crippen molar-refractivity contribution in [3.8, 4) is 6.08 Å². The molecule has 0 atom stereocenters. The third kappa shape index (κ3) is 3.26. The summed E-state index contributed by atoms with van der Waals surface area (Å²) in [7, 11) is 0. The van der Waals surface area contributed by atoms with Gasteiger partial charge in [0, 0.05) is 25.8 Å². The molecule has 0 aliphatic rings. The van der Waals surface area contributed by atoms with E-state index in [-0.39, 0.29) is 24.9 Å². The summed E-state index contributed by atoms with van der Waals surface area (Å²) < 4.78 is 9.36. The van der Waals surface area contributed by atoms with E-state index >= 15 is 0 Å². The third-order valence-corrected chi connectivity index (χ3v) is 0.831. The molecular weight excluding hydrogens is 141 g/mol. The van der Waals surface area contributed by atoms with Crippen molar-refractivity contribution in [3.05, 3.63) is 12.0 Å². The smallest absolute Gasteiger partial charge is 0.401 e. The molecule has 0 spiro atoms. The van der Waals surface area contributed by atoms with Crippen LogP contribution < -0.4 is 4.74 Å². The van der Waals surface area contributed by atoms with Gasteiger partial charge in [-0.2, -0.15) is 4.98 Å². The Labute approximate surface area is 76.1 Å². The van der Waals surface area contributed by atoms with Gasteiger partial charge in [0.1, 0.15) is 5.76 Å². The standard InChI is InChI=1S/C6H7NO3.Li/c1-4-3-7-6(9-4)10-5(2)8;/h3H,1-2H3;. The van der Waals surface area contributed by atoms with Gasteiger partial charge in [0.05, 0.1) is 6.20 Å². The Balaban J connectivity index is 0.000001000. The molecule has 1 aromatic rings. The van der Waals surface area contributed by atoms with Gasteiger partial charge in [-0.15, -0.1) is 0 Å². The van der Waals surface area contributed by atoms with Crippen molar-refractivity contribution in [1.29, 1.82) is 0 Å². The minimum atomic E-state index is -0.429. The predicted molar refractivity (Wildman–Crippen MR) is 38.3 cm³/mol. The monoisotopic (exact) mass is 148 g/mol. The maximum absolute atomic E-state index is 10.3. The van der Waals surface area contributed by atoms with Gasteiger partial charge in [0.25, 0.3) is 0 Å². The molecule has 5 heteroatoms. The Morgan fingerprint density at radius 2 is 2.36 bits per heavy atom. The first kappa shape index (κ1) is 10.3. The molecule has 0 saturated carbocycles. The second-order valence-corrected chi connectivity index (χ2v) is 1.83. The first-order chi connectivity index (χ1) is 4.68. The molecule has 1 rings (SSSR count). The Hall–Kier alpha value is -0.723. The first-order valence-corrected chi connectivity index (χ1v) is 2.79. The van der Waals surface area contributed by atoms with E-state index in [1.807, 2.05) is 0 Å². The number of aromatic nitrogens is 1. The van der Waals surface area contributed by atoms with Gasteiger partial charge in [-0.1, -0.05) is 0 Å². The number of nitrogens with zero attached hydrogens (tertiary/aromatic N) is 1. The van der Waals surface area contributed by atoms with Crippen LogP contribution in [0.5, 0.6) is 6.08 Å². The van der Waals surface area contributed by atoms with Crippen molar-refractivity contribution >= 4 is 24.8 Å². The fourth-order valence-corrected chi connectivity index (χ4v) is 0.504. The average Bonchev–Trinajstić information content (AvgIpc) is 2.13. The van der Waals surface area contributed by atoms with E-state index < -0.39 is 5.97 Å². The van der Waals surface area contributed by atoms with Crippen molar-refractivity contribution in [2.45, 2.75) is 13.8 Å². The molecule has 4 nitrogen and oxygen atoms in total. The number of rotatable bonds is 1. The Bertz CT molecular complexity index is 246. The van der Waals surface area contributed by atoms with Crippen LogP contribution in [0, 0.1) is 6.92 Å². The van der Waals surface area contributed by atoms with Crippen LogP contribution in [-0.2, 0) is 4.79 Å². The summed E-state index contributed by atoms with van der Waals surface area (Å²) in [6, 6.07) is 0. The minimum absolute atomic E-state index is 0. The maximum Gasteiger partial charge on any atom is 0.401 e. The van der Waals surface area contributed by atoms with E-state index in [0.717, 1.165) is 0 Å². The van der Waals surface area contributed by atoms with E-state index in [2.05, 4.69) is 9.72 Å². The minimum Gasteiger partial charge on any atom is -0.414 e. The number of hydrogen-bond acceptors (Lipinski definition) is 4. The summed E-state index contributed by atoms with van der Waals surface area (Å²) in [5, 5.41) is 0. The SMILES string of the molecule is CC(=O)Oc1ncc(C)o1.[Li]. The van der Waals surface area contributed by atoms with Crippen LogP contribution in [0.1, 0.15) is 12.7 Å². The van der Waals surface area contributed by atoms with Crippen molar-refractivity contribution in [3.63, 3.8) is 0 Å². The Morgan fingerprint density at radius 3 is 2.73 bits per heavy atom. The van der Waals surface area contributed by atoms with Gasteiger partial charge >= 0.3 is 12.0 Å². The third-order valence-electron chi connectivity index (χ3n) is 0.831. The fourth-order valence-electron chi connectivity index (χ4n) is 0.504. The number of esters is 1. The average molecular weight is 148 g/mol. The molecule has 0 fully saturated rings. The number of ether oxygens (including phenoxy) is 1. The molecule has 0 bridgehead atoms. The molecule has 55 valence electrons. The van der Waals surface area contributed by atoms with Crippen LogP contribution in [0.15, 0.2) is 10.6 Å². The van der Waals surface area contributed by atoms with E-state index in [1.165, 1.54) is 13.1 Å². The van der Waals surface area contributed by atoms with E-state index in [9.17, 15) is 4.79 Å². The number of carbonyl (C=O) groups is 1. The molecule has 0 unspecified atom stereocenters. The summed E-state index contributed by atoms with van der Waals surface area (Å²) in [6.07, 6.45) is 1.49. The van der Waals surface area contributed by atoms with Gasteiger partial charge in [-0.05, 0) is 6.92 Å². The van der Waals surface area contributed by atoms with Gasteiger partial charge in [-0.25, -0.2) is 0 Å². The molecule has 0 aromatic carbocycles. The molecule has 11 heavy (non-hydrogen) atoms. The largest absolute Gasteiger partial charge is 0.414 e. The second kappa shape index (κ2) is 4.22. The summed E-state index contributed by atoms with van der Waals surface area (Å²) >= 11 is 0. The first-order valence-electron chi connectivity index (χ1n) is 2.79. The molecule has 1 heterocycles. The Kier molecular flexibility index (Phi) is 3.94. The number of hydrogen-bond donors (Lipinski definition) is 0. The molecule has 1 aromatic heterocycles. The summed E-state index contributed by atoms with van der Waals surface area (Å²) in [4.78, 5) is 13.9. The molecule has 0 amide bonds. The number of oxazole rings is 1. The zero-order valence-corrected chi connectivity index (χ0v) is 6.75. The van der Waals surface area contributed by atoms with E-state index in [1.54, 1.807) is 6.92 Å². The van der Waals surface area contributed by atoms with Gasteiger partial charge in [0.2, 0.25) is 0 Å². The maximum atomic E-state index is 10.3. The van der Waals surface area contributed by atoms with Crippen LogP contribution in [0.4, 0.5) is 0 Å². The fraction of sp³-hybridized carbons (Fsp3) is 0.333. The van der Waals surface area contributed by atoms with Crippen LogP contribution in [-0.4, -0.2) is 29.8 Å². The Morgan fingerprint density at radius 1 is 1.73 bits per heavy atom. The van der Waals surface area contributed by atoms with Crippen LogP contribution in [0.2, 0.25) is 0 Å². The van der Waals surface area contributed by atoms with Crippen LogP contribution >= 0.6 is 0 Å². The van der Waals surface area contributed by atoms with Crippen LogP contribution in [0.25, 0.3) is 0 Å². The van der Waals surface area contributed by atoms with Crippen LogP contribution in [0.3, 0.4) is 0 Å². The quantitative estimate of drug-likeness (QED) is 0.430. The summed E-state index contributed by atoms with van der Waals surface area (Å²) in [5.41, 5.74) is 0. The number of aryl methyl sites for hydroxylation is 1. The second-order valence-electron chi connectivity index (χ2n) is 1.83. The topological polar surface area (TPSA) is 52.3 Å². The normalized spacial score (nSPS) is 8.55. The van der Waals surface area contributed by atoms with Crippen molar-refractivity contribution in [2.24, 2.45) is 0 Å². The van der Waals surface area contributed by atoms with Gasteiger partial charge in [0.15, 0.2) is 0 Å². The summed E-state index contributed by atoms with van der Waals surface area (Å²) in [6.45, 7) is 3.01. The molecular formula is C6H7LiNO3. The zero-order chi connectivity index (χ0) is 7.56. The molecule has 0 aliphatic heterocycles. The van der Waals surface area contributed by atoms with Gasteiger partial charge < -0.3 is 9.15 Å². The van der Waals surface area contributed by atoms with Crippen molar-refractivity contribution in [1.82, 2.24) is 4.98 Å². The van der Waals surface area contributed by atoms with Crippen molar-refractivity contribution in [2.75, 3.05) is 0 Å². The van der Waals surface area contributed by atoms with Gasteiger partial charge in [-0.3, -0.25) is 4.79 Å². The number of carbonyl (C=O) groups excluding carboxylic acids is 1. The molecule has 1 radical (unpaired) electrons. The summed E-state index contributed by atoms with van der Waals surface area (Å²) in [5.74, 6) is 0.193. The van der Waals surface area contributed by atoms with E-state index in [0.29, 0.717) is 5.76 Å². The molecule has 0 aliphatic carbocycles.